The molecular formula is C53H70ClN9O8S2. The number of anilines is 4. The Hall–Kier alpha value is -5.86. The van der Waals surface area contributed by atoms with Crippen LogP contribution in [0.5, 0.6) is 11.5 Å². The second kappa shape index (κ2) is 24.9. The minimum Gasteiger partial charge on any atom is -0.495 e. The van der Waals surface area contributed by atoms with Crippen molar-refractivity contribution in [2.45, 2.75) is 129 Å². The third-order valence-corrected chi connectivity index (χ3v) is 16.2. The summed E-state index contributed by atoms with van der Waals surface area (Å²) >= 11 is 8.02. The number of unbranched alkanes of at least 4 members (excludes halogenated alkanes) is 2. The lowest BCUT2D eigenvalue weighted by molar-refractivity contribution is -0.144. The highest BCUT2D eigenvalue weighted by molar-refractivity contribution is 7.92. The van der Waals surface area contributed by atoms with E-state index in [9.17, 15) is 27.9 Å². The standard InChI is InChI=1S/C53H70ClN9O8S2/c1-31(2)73(68,69)46-17-13-12-16-41(46)60-49-40(54)28-56-52(62-49)61-42-24-32(3)36(25-45(42)70-10)20-22-55-21-14-11-15-23-71-44-26-37(47-34(5)57-30-72-47)18-19-39(44)33(4)58-50(66)43-27-38(65)29-63(43)51(67)48(53(7,8)9)59-35(6)64/h12-13,16-19,24-26,28,30-31,33,38,43,48,55,65H,11,14-15,20-23,27,29H2,1-10H3,(H,58,66)(H,59,64)(H2,56,60,61,62)/t33-,38+,43-,48+/m0/s1. The van der Waals surface area contributed by atoms with Gasteiger partial charge >= 0.3 is 0 Å². The number of ether oxygens (including phenoxy) is 2. The summed E-state index contributed by atoms with van der Waals surface area (Å²) in [6.07, 6.45) is 4.08. The van der Waals surface area contributed by atoms with E-state index in [0.29, 0.717) is 29.5 Å². The van der Waals surface area contributed by atoms with Crippen LogP contribution in [0.25, 0.3) is 10.4 Å². The number of aryl methyl sites for hydroxylation is 2. The Labute approximate surface area is 438 Å². The predicted molar refractivity (Wildman–Crippen MR) is 288 cm³/mol. The van der Waals surface area contributed by atoms with E-state index in [1.165, 1.54) is 18.0 Å². The van der Waals surface area contributed by atoms with Crippen molar-refractivity contribution in [3.05, 3.63) is 93.7 Å². The molecule has 0 bridgehead atoms. The van der Waals surface area contributed by atoms with Gasteiger partial charge in [0.15, 0.2) is 15.7 Å². The molecule has 0 radical (unpaired) electrons. The molecule has 5 aromatic rings. The Morgan fingerprint density at radius 3 is 2.38 bits per heavy atom. The Balaban J connectivity index is 1.01. The predicted octanol–water partition coefficient (Wildman–Crippen LogP) is 8.62. The van der Waals surface area contributed by atoms with Crippen LogP contribution in [0, 0.1) is 19.3 Å². The number of methoxy groups -OCH3 is 1. The molecule has 0 aliphatic carbocycles. The van der Waals surface area contributed by atoms with Crippen molar-refractivity contribution >= 4 is 73.6 Å². The summed E-state index contributed by atoms with van der Waals surface area (Å²) in [5.41, 5.74) is 7.02. The second-order valence-electron chi connectivity index (χ2n) is 19.8. The highest BCUT2D eigenvalue weighted by Crippen LogP contribution is 2.37. The molecule has 73 heavy (non-hydrogen) atoms. The smallest absolute Gasteiger partial charge is 0.246 e. The number of hydrogen-bond acceptors (Lipinski definition) is 15. The van der Waals surface area contributed by atoms with E-state index in [0.717, 1.165) is 71.6 Å². The first-order valence-corrected chi connectivity index (χ1v) is 27.4. The number of aliphatic hydroxyl groups excluding tert-OH is 1. The first-order chi connectivity index (χ1) is 34.6. The van der Waals surface area contributed by atoms with Gasteiger partial charge in [0.05, 0.1) is 69.7 Å². The SMILES string of the molecule is COc1cc(CCNCCCCCOc2cc(-c3scnc3C)ccc2[C@H](C)NC(=O)[C@@H]2C[C@@H](O)CN2C(=O)[C@@H](NC(C)=O)C(C)(C)C)c(C)cc1Nc1ncc(Cl)c(Nc2ccccc2S(=O)(=O)C(C)C)n1. The number of halogens is 1. The van der Waals surface area contributed by atoms with Gasteiger partial charge in [-0.15, -0.1) is 11.3 Å². The molecule has 1 saturated heterocycles. The number of rotatable bonds is 23. The number of thiazole rings is 1. The number of aliphatic hydroxyl groups is 1. The maximum absolute atomic E-state index is 13.9. The van der Waals surface area contributed by atoms with Crippen LogP contribution < -0.4 is 36.1 Å². The van der Waals surface area contributed by atoms with Crippen molar-refractivity contribution < 1.29 is 37.4 Å². The zero-order chi connectivity index (χ0) is 53.2. The lowest BCUT2D eigenvalue weighted by atomic mass is 9.85. The molecular weight excluding hydrogens is 990 g/mol. The first-order valence-electron chi connectivity index (χ1n) is 24.6. The molecule has 1 aliphatic heterocycles. The molecule has 3 heterocycles. The number of amides is 3. The monoisotopic (exact) mass is 1060 g/mol. The second-order valence-corrected chi connectivity index (χ2v) is 23.5. The normalized spacial score (nSPS) is 15.7. The van der Waals surface area contributed by atoms with Gasteiger partial charge in [-0.3, -0.25) is 14.4 Å². The Kier molecular flexibility index (Phi) is 19.3. The number of aromatic nitrogens is 3. The third kappa shape index (κ3) is 14.5. The summed E-state index contributed by atoms with van der Waals surface area (Å²) in [5.74, 6) is 0.577. The Morgan fingerprint density at radius 2 is 1.70 bits per heavy atom. The van der Waals surface area contributed by atoms with Crippen LogP contribution in [0.4, 0.5) is 23.1 Å². The van der Waals surface area contributed by atoms with Gasteiger partial charge in [-0.25, -0.2) is 18.4 Å². The summed E-state index contributed by atoms with van der Waals surface area (Å²) in [5, 5.41) is 26.0. The van der Waals surface area contributed by atoms with Gasteiger partial charge < -0.3 is 46.1 Å². The number of β-amino-alcohol motifs (C(OH)–C–C–N with tert-alkyl or cyclic N) is 1. The van der Waals surface area contributed by atoms with Crippen LogP contribution in [-0.2, 0) is 30.6 Å². The van der Waals surface area contributed by atoms with Crippen molar-refractivity contribution in [3.8, 4) is 21.9 Å². The number of nitrogens with zero attached hydrogens (tertiary/aromatic N) is 4. The molecule has 0 spiro atoms. The number of carbonyl (C=O) groups is 3. The lowest BCUT2D eigenvalue weighted by Gasteiger charge is -2.35. The van der Waals surface area contributed by atoms with E-state index in [2.05, 4.69) is 41.5 Å². The van der Waals surface area contributed by atoms with Crippen LogP contribution in [-0.4, -0.2) is 108 Å². The van der Waals surface area contributed by atoms with Crippen LogP contribution >= 0.6 is 22.9 Å². The molecule has 6 rings (SSSR count). The molecule has 17 nitrogen and oxygen atoms in total. The number of hydrogen-bond donors (Lipinski definition) is 6. The molecule has 0 unspecified atom stereocenters. The molecule has 20 heteroatoms. The highest BCUT2D eigenvalue weighted by atomic mass is 35.5. The fourth-order valence-corrected chi connectivity index (χ4v) is 10.8. The van der Waals surface area contributed by atoms with Crippen molar-refractivity contribution in [2.24, 2.45) is 5.41 Å². The quantitative estimate of drug-likeness (QED) is 0.0337. The number of benzene rings is 3. The van der Waals surface area contributed by atoms with E-state index in [1.807, 2.05) is 77.4 Å². The lowest BCUT2D eigenvalue weighted by Crippen LogP contribution is -2.57. The minimum atomic E-state index is -3.58. The van der Waals surface area contributed by atoms with Crippen molar-refractivity contribution in [1.82, 2.24) is 35.8 Å². The number of sulfone groups is 1. The zero-order valence-electron chi connectivity index (χ0n) is 43.4. The number of likely N-dealkylation sites (tertiary alicyclic amines) is 1. The first kappa shape index (κ1) is 56.4. The molecule has 1 fully saturated rings. The van der Waals surface area contributed by atoms with E-state index in [4.69, 9.17) is 21.1 Å². The van der Waals surface area contributed by atoms with E-state index < -0.39 is 56.5 Å². The molecule has 0 saturated carbocycles. The minimum absolute atomic E-state index is 0.00841. The average molecular weight is 1060 g/mol. The zero-order valence-corrected chi connectivity index (χ0v) is 45.8. The van der Waals surface area contributed by atoms with E-state index in [-0.39, 0.29) is 40.6 Å². The average Bonchev–Trinajstić information content (AvgIpc) is 3.96. The van der Waals surface area contributed by atoms with Crippen LogP contribution in [0.1, 0.15) is 103 Å². The Bertz CT molecular complexity index is 2860. The van der Waals surface area contributed by atoms with Gasteiger partial charge in [0.25, 0.3) is 0 Å². The summed E-state index contributed by atoms with van der Waals surface area (Å²) < 4.78 is 38.4. The topological polar surface area (TPSA) is 226 Å². The fourth-order valence-electron chi connectivity index (χ4n) is 8.61. The van der Waals surface area contributed by atoms with Crippen LogP contribution in [0.15, 0.2) is 71.2 Å². The van der Waals surface area contributed by atoms with Crippen LogP contribution in [0.2, 0.25) is 5.02 Å². The Morgan fingerprint density at radius 1 is 0.945 bits per heavy atom. The largest absolute Gasteiger partial charge is 0.495 e. The number of nitrogens with one attached hydrogen (secondary N) is 5. The van der Waals surface area contributed by atoms with Gasteiger partial charge in [-0.05, 0) is 126 Å². The molecule has 4 atom stereocenters. The fraction of sp³-hybridized carbons (Fsp3) is 0.472. The number of carbonyl (C=O) groups excluding carboxylic acids is 3. The summed E-state index contributed by atoms with van der Waals surface area (Å²) in [4.78, 5) is 55.7. The summed E-state index contributed by atoms with van der Waals surface area (Å²) in [7, 11) is -1.98. The van der Waals surface area contributed by atoms with Gasteiger partial charge in [0.2, 0.25) is 23.7 Å². The van der Waals surface area contributed by atoms with E-state index in [1.54, 1.807) is 56.6 Å². The van der Waals surface area contributed by atoms with Crippen molar-refractivity contribution in [3.63, 3.8) is 0 Å². The van der Waals surface area contributed by atoms with Gasteiger partial charge in [-0.1, -0.05) is 56.6 Å². The maximum atomic E-state index is 13.9. The number of para-hydroxylation sites is 1. The molecule has 6 N–H and O–H groups in total. The third-order valence-electron chi connectivity index (χ3n) is 12.7. The molecule has 1 aliphatic rings. The highest BCUT2D eigenvalue weighted by Gasteiger charge is 2.44. The van der Waals surface area contributed by atoms with Gasteiger partial charge in [0.1, 0.15) is 28.6 Å². The molecule has 3 aromatic carbocycles. The van der Waals surface area contributed by atoms with Gasteiger partial charge in [0, 0.05) is 25.5 Å². The summed E-state index contributed by atoms with van der Waals surface area (Å²) in [6.45, 7) is 18.1. The maximum Gasteiger partial charge on any atom is 0.246 e. The molecule has 3 amide bonds. The summed E-state index contributed by atoms with van der Waals surface area (Å²) in [6, 6.07) is 14.3. The molecule has 394 valence electrons. The van der Waals surface area contributed by atoms with Gasteiger partial charge in [-0.2, -0.15) is 4.98 Å². The van der Waals surface area contributed by atoms with Crippen molar-refractivity contribution in [2.75, 3.05) is 44.0 Å². The van der Waals surface area contributed by atoms with Crippen molar-refractivity contribution in [1.29, 1.82) is 0 Å². The molecule has 2 aromatic heterocycles. The van der Waals surface area contributed by atoms with Crippen LogP contribution in [0.3, 0.4) is 0 Å². The van der Waals surface area contributed by atoms with E-state index >= 15 is 0 Å².